The standard InChI is InChI=1S/C13H21N5O/c1-3-15-13-16-7-4-11(17-13)18-8-5-10(6-9-18)12(19)14-2/h4,7,10H,3,5-6,8-9H2,1-2H3,(H,14,19)(H,15,16,17). The Kier molecular flexibility index (Phi) is 4.54. The van der Waals surface area contributed by atoms with E-state index in [0.717, 1.165) is 38.3 Å². The fourth-order valence-corrected chi connectivity index (χ4v) is 2.34. The van der Waals surface area contributed by atoms with Crippen molar-refractivity contribution in [2.75, 3.05) is 36.9 Å². The van der Waals surface area contributed by atoms with Crippen LogP contribution in [0.1, 0.15) is 19.8 Å². The highest BCUT2D eigenvalue weighted by Gasteiger charge is 2.24. The van der Waals surface area contributed by atoms with Gasteiger partial charge in [-0.3, -0.25) is 4.79 Å². The van der Waals surface area contributed by atoms with Gasteiger partial charge < -0.3 is 15.5 Å². The number of aromatic nitrogens is 2. The maximum atomic E-state index is 11.6. The van der Waals surface area contributed by atoms with E-state index in [0.29, 0.717) is 5.95 Å². The van der Waals surface area contributed by atoms with Gasteiger partial charge in [-0.25, -0.2) is 4.98 Å². The molecule has 19 heavy (non-hydrogen) atoms. The molecule has 0 unspecified atom stereocenters. The summed E-state index contributed by atoms with van der Waals surface area (Å²) >= 11 is 0. The van der Waals surface area contributed by atoms with Gasteiger partial charge >= 0.3 is 0 Å². The molecule has 6 nitrogen and oxygen atoms in total. The van der Waals surface area contributed by atoms with Gasteiger partial charge in [0.2, 0.25) is 11.9 Å². The van der Waals surface area contributed by atoms with Crippen LogP contribution in [0.5, 0.6) is 0 Å². The second-order valence-electron chi connectivity index (χ2n) is 4.64. The zero-order valence-corrected chi connectivity index (χ0v) is 11.5. The minimum atomic E-state index is 0.135. The molecule has 0 atom stereocenters. The zero-order valence-electron chi connectivity index (χ0n) is 11.5. The fraction of sp³-hybridized carbons (Fsp3) is 0.615. The molecule has 1 saturated heterocycles. The van der Waals surface area contributed by atoms with Crippen LogP contribution in [-0.4, -0.2) is 42.6 Å². The van der Waals surface area contributed by atoms with Gasteiger partial charge in [0.1, 0.15) is 5.82 Å². The van der Waals surface area contributed by atoms with E-state index in [-0.39, 0.29) is 11.8 Å². The molecule has 0 spiro atoms. The number of carbonyl (C=O) groups is 1. The van der Waals surface area contributed by atoms with Crippen LogP contribution in [-0.2, 0) is 4.79 Å². The summed E-state index contributed by atoms with van der Waals surface area (Å²) in [5, 5.41) is 5.83. The topological polar surface area (TPSA) is 70.2 Å². The Morgan fingerprint density at radius 2 is 2.21 bits per heavy atom. The highest BCUT2D eigenvalue weighted by Crippen LogP contribution is 2.22. The third kappa shape index (κ3) is 3.33. The van der Waals surface area contributed by atoms with Gasteiger partial charge in [0.15, 0.2) is 0 Å². The smallest absolute Gasteiger partial charge is 0.224 e. The van der Waals surface area contributed by atoms with Gasteiger partial charge in [-0.1, -0.05) is 0 Å². The summed E-state index contributed by atoms with van der Waals surface area (Å²) in [5.74, 6) is 1.88. The summed E-state index contributed by atoms with van der Waals surface area (Å²) < 4.78 is 0. The molecule has 2 rings (SSSR count). The van der Waals surface area contributed by atoms with Gasteiger partial charge in [0.25, 0.3) is 0 Å². The molecule has 6 heteroatoms. The van der Waals surface area contributed by atoms with Crippen LogP contribution in [0.2, 0.25) is 0 Å². The molecule has 1 aliphatic rings. The SMILES string of the molecule is CCNc1nccc(N2CCC(C(=O)NC)CC2)n1. The largest absolute Gasteiger partial charge is 0.359 e. The van der Waals surface area contributed by atoms with Crippen molar-refractivity contribution in [1.29, 1.82) is 0 Å². The van der Waals surface area contributed by atoms with E-state index in [1.807, 2.05) is 13.0 Å². The Morgan fingerprint density at radius 1 is 1.47 bits per heavy atom. The van der Waals surface area contributed by atoms with E-state index in [1.54, 1.807) is 13.2 Å². The molecular weight excluding hydrogens is 242 g/mol. The average molecular weight is 263 g/mol. The van der Waals surface area contributed by atoms with E-state index < -0.39 is 0 Å². The van der Waals surface area contributed by atoms with Crippen LogP contribution in [0.15, 0.2) is 12.3 Å². The van der Waals surface area contributed by atoms with Crippen molar-refractivity contribution < 1.29 is 4.79 Å². The predicted molar refractivity (Wildman–Crippen MR) is 75.2 cm³/mol. The number of rotatable bonds is 4. The van der Waals surface area contributed by atoms with Crippen LogP contribution in [0.25, 0.3) is 0 Å². The lowest BCUT2D eigenvalue weighted by atomic mass is 9.96. The van der Waals surface area contributed by atoms with Gasteiger partial charge in [-0.05, 0) is 25.8 Å². The van der Waals surface area contributed by atoms with E-state index in [4.69, 9.17) is 0 Å². The van der Waals surface area contributed by atoms with Crippen LogP contribution in [0.3, 0.4) is 0 Å². The molecule has 2 heterocycles. The van der Waals surface area contributed by atoms with Crippen molar-refractivity contribution in [2.45, 2.75) is 19.8 Å². The van der Waals surface area contributed by atoms with Crippen LogP contribution in [0.4, 0.5) is 11.8 Å². The molecule has 1 aliphatic heterocycles. The Hall–Kier alpha value is -1.85. The summed E-state index contributed by atoms with van der Waals surface area (Å²) in [7, 11) is 1.70. The lowest BCUT2D eigenvalue weighted by molar-refractivity contribution is -0.125. The molecule has 1 aromatic heterocycles. The van der Waals surface area contributed by atoms with E-state index in [2.05, 4.69) is 25.5 Å². The predicted octanol–water partition coefficient (Wildman–Crippen LogP) is 0.871. The van der Waals surface area contributed by atoms with Crippen molar-refractivity contribution in [3.05, 3.63) is 12.3 Å². The van der Waals surface area contributed by atoms with Crippen molar-refractivity contribution in [3.63, 3.8) is 0 Å². The molecule has 1 aromatic rings. The molecule has 0 aliphatic carbocycles. The first-order valence-corrected chi connectivity index (χ1v) is 6.78. The number of hydrogen-bond donors (Lipinski definition) is 2. The molecule has 0 aromatic carbocycles. The van der Waals surface area contributed by atoms with Gasteiger partial charge in [-0.2, -0.15) is 4.98 Å². The Bertz CT molecular complexity index is 429. The Labute approximate surface area is 113 Å². The van der Waals surface area contributed by atoms with Crippen LogP contribution >= 0.6 is 0 Å². The number of anilines is 2. The number of carbonyl (C=O) groups excluding carboxylic acids is 1. The first-order chi connectivity index (χ1) is 9.24. The summed E-state index contributed by atoms with van der Waals surface area (Å²) in [6.07, 6.45) is 3.52. The normalized spacial score (nSPS) is 16.2. The monoisotopic (exact) mass is 263 g/mol. The molecular formula is C13H21N5O. The third-order valence-electron chi connectivity index (χ3n) is 3.41. The molecule has 0 bridgehead atoms. The summed E-state index contributed by atoms with van der Waals surface area (Å²) in [6.45, 7) is 4.55. The maximum Gasteiger partial charge on any atom is 0.224 e. The van der Waals surface area contributed by atoms with E-state index >= 15 is 0 Å². The molecule has 0 radical (unpaired) electrons. The number of hydrogen-bond acceptors (Lipinski definition) is 5. The van der Waals surface area contributed by atoms with Crippen LogP contribution in [0, 0.1) is 5.92 Å². The summed E-state index contributed by atoms with van der Waals surface area (Å²) in [6, 6.07) is 1.92. The quantitative estimate of drug-likeness (QED) is 0.843. The molecule has 1 fully saturated rings. The first kappa shape index (κ1) is 13.6. The molecule has 2 N–H and O–H groups in total. The minimum absolute atomic E-state index is 0.135. The Balaban J connectivity index is 1.97. The zero-order chi connectivity index (χ0) is 13.7. The minimum Gasteiger partial charge on any atom is -0.359 e. The number of nitrogens with zero attached hydrogens (tertiary/aromatic N) is 3. The maximum absolute atomic E-state index is 11.6. The van der Waals surface area contributed by atoms with Crippen molar-refractivity contribution in [2.24, 2.45) is 5.92 Å². The number of amides is 1. The first-order valence-electron chi connectivity index (χ1n) is 6.78. The lowest BCUT2D eigenvalue weighted by Crippen LogP contribution is -2.40. The number of nitrogens with one attached hydrogen (secondary N) is 2. The highest BCUT2D eigenvalue weighted by atomic mass is 16.1. The van der Waals surface area contributed by atoms with Gasteiger partial charge in [0.05, 0.1) is 0 Å². The summed E-state index contributed by atoms with van der Waals surface area (Å²) in [5.41, 5.74) is 0. The molecule has 1 amide bonds. The fourth-order valence-electron chi connectivity index (χ4n) is 2.34. The third-order valence-corrected chi connectivity index (χ3v) is 3.41. The second-order valence-corrected chi connectivity index (χ2v) is 4.64. The number of piperidine rings is 1. The average Bonchev–Trinajstić information content (AvgIpc) is 2.47. The lowest BCUT2D eigenvalue weighted by Gasteiger charge is -2.31. The second kappa shape index (κ2) is 6.36. The van der Waals surface area contributed by atoms with Crippen molar-refractivity contribution in [1.82, 2.24) is 15.3 Å². The van der Waals surface area contributed by atoms with Gasteiger partial charge in [-0.15, -0.1) is 0 Å². The Morgan fingerprint density at radius 3 is 2.84 bits per heavy atom. The molecule has 0 saturated carbocycles. The highest BCUT2D eigenvalue weighted by molar-refractivity contribution is 5.78. The van der Waals surface area contributed by atoms with E-state index in [9.17, 15) is 4.79 Å². The van der Waals surface area contributed by atoms with Gasteiger partial charge in [0, 0.05) is 38.8 Å². The van der Waals surface area contributed by atoms with E-state index in [1.165, 1.54) is 0 Å². The molecule has 104 valence electrons. The van der Waals surface area contributed by atoms with Crippen molar-refractivity contribution in [3.8, 4) is 0 Å². The van der Waals surface area contributed by atoms with Crippen molar-refractivity contribution >= 4 is 17.7 Å². The summed E-state index contributed by atoms with van der Waals surface area (Å²) in [4.78, 5) is 22.4. The van der Waals surface area contributed by atoms with Crippen LogP contribution < -0.4 is 15.5 Å².